The van der Waals surface area contributed by atoms with Gasteiger partial charge in [0.1, 0.15) is 6.04 Å². The second-order valence-electron chi connectivity index (χ2n) is 5.13. The highest BCUT2D eigenvalue weighted by Crippen LogP contribution is 2.21. The summed E-state index contributed by atoms with van der Waals surface area (Å²) in [5.41, 5.74) is 0. The lowest BCUT2D eigenvalue weighted by molar-refractivity contribution is -0.141. The van der Waals surface area contributed by atoms with E-state index in [1.54, 1.807) is 4.90 Å². The van der Waals surface area contributed by atoms with Crippen LogP contribution in [-0.2, 0) is 9.53 Å². The number of amides is 2. The Morgan fingerprint density at radius 2 is 1.83 bits per heavy atom. The van der Waals surface area contributed by atoms with Crippen LogP contribution in [0.3, 0.4) is 0 Å². The Kier molecular flexibility index (Phi) is 3.75. The molecule has 3 unspecified atom stereocenters. The number of aliphatic carboxylic acids is 1. The van der Waals surface area contributed by atoms with Crippen molar-refractivity contribution in [2.75, 3.05) is 19.6 Å². The Balaban J connectivity index is 2.04. The van der Waals surface area contributed by atoms with Crippen LogP contribution in [0, 0.1) is 0 Å². The summed E-state index contributed by atoms with van der Waals surface area (Å²) in [6, 6.07) is -0.826. The number of carbonyl (C=O) groups is 2. The van der Waals surface area contributed by atoms with E-state index in [0.29, 0.717) is 26.1 Å². The van der Waals surface area contributed by atoms with Crippen molar-refractivity contribution in [2.24, 2.45) is 0 Å². The van der Waals surface area contributed by atoms with E-state index >= 15 is 0 Å². The molecule has 2 heterocycles. The molecule has 2 aliphatic rings. The molecule has 6 nitrogen and oxygen atoms in total. The summed E-state index contributed by atoms with van der Waals surface area (Å²) in [5.74, 6) is -0.907. The SMILES string of the molecule is CC1CN(C(=O)N2CCCC2C(=O)O)CC(C)O1. The van der Waals surface area contributed by atoms with E-state index in [-0.39, 0.29) is 18.2 Å². The minimum Gasteiger partial charge on any atom is -0.480 e. The summed E-state index contributed by atoms with van der Waals surface area (Å²) in [6.45, 7) is 5.46. The minimum absolute atomic E-state index is 0.00332. The standard InChI is InChI=1S/C12H20N2O4/c1-8-6-13(7-9(2)18-8)12(17)14-5-3-4-10(14)11(15)16/h8-10H,3-7H2,1-2H3,(H,15,16). The molecule has 2 amide bonds. The van der Waals surface area contributed by atoms with E-state index in [1.165, 1.54) is 4.90 Å². The topological polar surface area (TPSA) is 70.1 Å². The Morgan fingerprint density at radius 3 is 2.39 bits per heavy atom. The molecule has 18 heavy (non-hydrogen) atoms. The molecule has 0 saturated carbocycles. The fourth-order valence-corrected chi connectivity index (χ4v) is 2.77. The number of likely N-dealkylation sites (tertiary alicyclic amines) is 1. The van der Waals surface area contributed by atoms with Gasteiger partial charge in [0, 0.05) is 19.6 Å². The number of ether oxygens (including phenoxy) is 1. The fraction of sp³-hybridized carbons (Fsp3) is 0.833. The largest absolute Gasteiger partial charge is 0.480 e. The van der Waals surface area contributed by atoms with Gasteiger partial charge in [0.15, 0.2) is 0 Å². The van der Waals surface area contributed by atoms with Crippen molar-refractivity contribution in [3.05, 3.63) is 0 Å². The number of rotatable bonds is 1. The molecule has 6 heteroatoms. The second kappa shape index (κ2) is 5.14. The van der Waals surface area contributed by atoms with Crippen LogP contribution in [0.5, 0.6) is 0 Å². The lowest BCUT2D eigenvalue weighted by atomic mass is 10.2. The quantitative estimate of drug-likeness (QED) is 0.752. The van der Waals surface area contributed by atoms with Crippen molar-refractivity contribution < 1.29 is 19.4 Å². The van der Waals surface area contributed by atoms with Gasteiger partial charge in [-0.3, -0.25) is 0 Å². The molecule has 2 saturated heterocycles. The van der Waals surface area contributed by atoms with E-state index in [1.807, 2.05) is 13.8 Å². The van der Waals surface area contributed by atoms with Crippen LogP contribution in [0.2, 0.25) is 0 Å². The lowest BCUT2D eigenvalue weighted by Crippen LogP contribution is -2.54. The van der Waals surface area contributed by atoms with Gasteiger partial charge in [-0.2, -0.15) is 0 Å². The fourth-order valence-electron chi connectivity index (χ4n) is 2.77. The highest BCUT2D eigenvalue weighted by atomic mass is 16.5. The average molecular weight is 256 g/mol. The first-order valence-electron chi connectivity index (χ1n) is 6.43. The maximum absolute atomic E-state index is 12.3. The Morgan fingerprint density at radius 1 is 1.22 bits per heavy atom. The van der Waals surface area contributed by atoms with Crippen molar-refractivity contribution in [3.63, 3.8) is 0 Å². The maximum atomic E-state index is 12.3. The predicted molar refractivity (Wildman–Crippen MR) is 64.3 cm³/mol. The third kappa shape index (κ3) is 2.58. The van der Waals surface area contributed by atoms with Gasteiger partial charge >= 0.3 is 12.0 Å². The number of hydrogen-bond donors (Lipinski definition) is 1. The molecule has 0 radical (unpaired) electrons. The average Bonchev–Trinajstić information content (AvgIpc) is 2.75. The van der Waals surface area contributed by atoms with Gasteiger partial charge in [-0.25, -0.2) is 9.59 Å². The molecule has 1 N–H and O–H groups in total. The molecule has 2 rings (SSSR count). The molecular formula is C12H20N2O4. The number of carbonyl (C=O) groups excluding carboxylic acids is 1. The summed E-state index contributed by atoms with van der Waals surface area (Å²) in [4.78, 5) is 26.6. The molecule has 2 aliphatic heterocycles. The van der Waals surface area contributed by atoms with E-state index in [4.69, 9.17) is 9.84 Å². The number of carboxylic acids is 1. The highest BCUT2D eigenvalue weighted by molar-refractivity contribution is 5.83. The molecular weight excluding hydrogens is 236 g/mol. The van der Waals surface area contributed by atoms with Crippen LogP contribution in [0.15, 0.2) is 0 Å². The molecule has 3 atom stereocenters. The zero-order valence-electron chi connectivity index (χ0n) is 10.8. The Labute approximate surface area is 106 Å². The molecule has 0 aromatic carbocycles. The first-order chi connectivity index (χ1) is 8.49. The van der Waals surface area contributed by atoms with Crippen LogP contribution >= 0.6 is 0 Å². The molecule has 0 spiro atoms. The number of nitrogens with zero attached hydrogens (tertiary/aromatic N) is 2. The first kappa shape index (κ1) is 13.1. The van der Waals surface area contributed by atoms with Gasteiger partial charge in [0.05, 0.1) is 12.2 Å². The van der Waals surface area contributed by atoms with E-state index < -0.39 is 12.0 Å². The monoisotopic (exact) mass is 256 g/mol. The molecule has 0 aromatic rings. The minimum atomic E-state index is -0.907. The van der Waals surface area contributed by atoms with Gasteiger partial charge in [-0.15, -0.1) is 0 Å². The van der Waals surface area contributed by atoms with Crippen LogP contribution in [0.25, 0.3) is 0 Å². The normalized spacial score (nSPS) is 32.7. The summed E-state index contributed by atoms with van der Waals surface area (Å²) < 4.78 is 5.57. The highest BCUT2D eigenvalue weighted by Gasteiger charge is 2.38. The van der Waals surface area contributed by atoms with Crippen molar-refractivity contribution >= 4 is 12.0 Å². The molecule has 0 aromatic heterocycles. The zero-order chi connectivity index (χ0) is 13.3. The van der Waals surface area contributed by atoms with E-state index in [2.05, 4.69) is 0 Å². The zero-order valence-corrected chi connectivity index (χ0v) is 10.8. The predicted octanol–water partition coefficient (Wildman–Crippen LogP) is 0.765. The van der Waals surface area contributed by atoms with Gasteiger partial charge in [-0.1, -0.05) is 0 Å². The van der Waals surface area contributed by atoms with Crippen molar-refractivity contribution in [1.82, 2.24) is 9.80 Å². The van der Waals surface area contributed by atoms with Gasteiger partial charge in [0.2, 0.25) is 0 Å². The number of hydrogen-bond acceptors (Lipinski definition) is 3. The smallest absolute Gasteiger partial charge is 0.326 e. The summed E-state index contributed by atoms with van der Waals surface area (Å²) in [5, 5.41) is 9.10. The third-order valence-electron chi connectivity index (χ3n) is 3.47. The maximum Gasteiger partial charge on any atom is 0.326 e. The van der Waals surface area contributed by atoms with Crippen LogP contribution in [-0.4, -0.2) is 64.8 Å². The van der Waals surface area contributed by atoms with Crippen LogP contribution in [0.1, 0.15) is 26.7 Å². The summed E-state index contributed by atoms with van der Waals surface area (Å²) in [7, 11) is 0. The first-order valence-corrected chi connectivity index (χ1v) is 6.43. The van der Waals surface area contributed by atoms with Crippen molar-refractivity contribution in [3.8, 4) is 0 Å². The number of urea groups is 1. The number of carboxylic acid groups (broad SMARTS) is 1. The third-order valence-corrected chi connectivity index (χ3v) is 3.47. The lowest BCUT2D eigenvalue weighted by Gasteiger charge is -2.38. The summed E-state index contributed by atoms with van der Waals surface area (Å²) in [6.07, 6.45) is 1.32. The van der Waals surface area contributed by atoms with Crippen LogP contribution in [0.4, 0.5) is 4.79 Å². The molecule has 0 bridgehead atoms. The van der Waals surface area contributed by atoms with Gasteiger partial charge in [-0.05, 0) is 26.7 Å². The Hall–Kier alpha value is -1.30. The molecule has 102 valence electrons. The Bertz CT molecular complexity index is 337. The summed E-state index contributed by atoms with van der Waals surface area (Å²) >= 11 is 0. The van der Waals surface area contributed by atoms with E-state index in [0.717, 1.165) is 6.42 Å². The van der Waals surface area contributed by atoms with Gasteiger partial charge < -0.3 is 19.6 Å². The second-order valence-corrected chi connectivity index (χ2v) is 5.13. The van der Waals surface area contributed by atoms with Crippen molar-refractivity contribution in [1.29, 1.82) is 0 Å². The molecule has 0 aliphatic carbocycles. The van der Waals surface area contributed by atoms with Crippen molar-refractivity contribution in [2.45, 2.75) is 44.9 Å². The number of morpholine rings is 1. The van der Waals surface area contributed by atoms with Crippen LogP contribution < -0.4 is 0 Å². The van der Waals surface area contributed by atoms with Gasteiger partial charge in [0.25, 0.3) is 0 Å². The van der Waals surface area contributed by atoms with E-state index in [9.17, 15) is 9.59 Å². The molecule has 2 fully saturated rings.